The van der Waals surface area contributed by atoms with Gasteiger partial charge in [-0.25, -0.2) is 0 Å². The highest BCUT2D eigenvalue weighted by atomic mass is 35.5. The van der Waals surface area contributed by atoms with Gasteiger partial charge in [0, 0.05) is 25.6 Å². The van der Waals surface area contributed by atoms with E-state index in [1.165, 1.54) is 32.2 Å². The van der Waals surface area contributed by atoms with Crippen LogP contribution in [0.2, 0.25) is 0 Å². The Morgan fingerprint density at radius 1 is 1.19 bits per heavy atom. The molecule has 1 fully saturated rings. The minimum atomic E-state index is 0.551. The fourth-order valence-electron chi connectivity index (χ4n) is 2.13. The molecule has 0 N–H and O–H groups in total. The molecule has 0 aromatic carbocycles. The summed E-state index contributed by atoms with van der Waals surface area (Å²) in [4.78, 5) is 2.48. The number of rotatable bonds is 7. The first-order valence-corrected chi connectivity index (χ1v) is 6.78. The van der Waals surface area contributed by atoms with E-state index in [9.17, 15) is 0 Å². The van der Waals surface area contributed by atoms with E-state index in [0.29, 0.717) is 19.3 Å². The Morgan fingerprint density at radius 3 is 2.81 bits per heavy atom. The Bertz CT molecular complexity index is 169. The maximum Gasteiger partial charge on any atom is 0.0700 e. The number of hydrogen-bond acceptors (Lipinski definition) is 3. The van der Waals surface area contributed by atoms with Crippen molar-refractivity contribution in [3.8, 4) is 0 Å². The van der Waals surface area contributed by atoms with E-state index >= 15 is 0 Å². The highest BCUT2D eigenvalue weighted by Gasteiger charge is 2.19. The van der Waals surface area contributed by atoms with Gasteiger partial charge in [-0.15, -0.1) is 11.6 Å². The van der Waals surface area contributed by atoms with Gasteiger partial charge in [-0.2, -0.15) is 0 Å². The normalized spacial score (nSPS) is 23.2. The third-order valence-corrected chi connectivity index (χ3v) is 3.49. The smallest absolute Gasteiger partial charge is 0.0700 e. The molecule has 0 aliphatic carbocycles. The van der Waals surface area contributed by atoms with Crippen molar-refractivity contribution in [1.82, 2.24) is 4.90 Å². The van der Waals surface area contributed by atoms with Gasteiger partial charge in [0.25, 0.3) is 0 Å². The van der Waals surface area contributed by atoms with Crippen LogP contribution in [0.5, 0.6) is 0 Å². The molecule has 1 unspecified atom stereocenters. The molecular weight excluding hydrogens is 226 g/mol. The molecule has 4 heteroatoms. The quantitative estimate of drug-likeness (QED) is 0.510. The van der Waals surface area contributed by atoms with Crippen molar-refractivity contribution < 1.29 is 9.47 Å². The largest absolute Gasteiger partial charge is 0.382 e. The molecule has 1 saturated heterocycles. The van der Waals surface area contributed by atoms with Crippen LogP contribution in [-0.2, 0) is 9.47 Å². The Balaban J connectivity index is 2.15. The summed E-state index contributed by atoms with van der Waals surface area (Å²) in [6.45, 7) is 4.33. The molecule has 1 aliphatic rings. The zero-order valence-corrected chi connectivity index (χ0v) is 11.0. The van der Waals surface area contributed by atoms with Crippen LogP contribution in [0.15, 0.2) is 0 Å². The zero-order chi connectivity index (χ0) is 11.6. The van der Waals surface area contributed by atoms with E-state index < -0.39 is 0 Å². The van der Waals surface area contributed by atoms with Crippen LogP contribution in [0.25, 0.3) is 0 Å². The van der Waals surface area contributed by atoms with Crippen molar-refractivity contribution in [3.63, 3.8) is 0 Å². The molecule has 0 radical (unpaired) electrons. The lowest BCUT2D eigenvalue weighted by molar-refractivity contribution is 0.0517. The number of ether oxygens (including phenoxy) is 2. The van der Waals surface area contributed by atoms with E-state index in [1.54, 1.807) is 7.11 Å². The van der Waals surface area contributed by atoms with Crippen LogP contribution in [0.1, 0.15) is 25.7 Å². The molecule has 0 spiro atoms. The molecule has 0 bridgehead atoms. The summed E-state index contributed by atoms with van der Waals surface area (Å²) >= 11 is 6.01. The second-order valence-electron chi connectivity index (χ2n) is 4.30. The number of nitrogens with zero attached hydrogens (tertiary/aromatic N) is 1. The van der Waals surface area contributed by atoms with Crippen LogP contribution in [-0.4, -0.2) is 56.8 Å². The van der Waals surface area contributed by atoms with Crippen LogP contribution in [0.4, 0.5) is 0 Å². The molecule has 1 atom stereocenters. The van der Waals surface area contributed by atoms with Crippen molar-refractivity contribution in [1.29, 1.82) is 0 Å². The fourth-order valence-corrected chi connectivity index (χ4v) is 2.48. The fraction of sp³-hybridized carbons (Fsp3) is 1.00. The Morgan fingerprint density at radius 2 is 2.06 bits per heavy atom. The summed E-state index contributed by atoms with van der Waals surface area (Å²) in [5.74, 6) is 0.748. The second-order valence-corrected chi connectivity index (χ2v) is 4.61. The topological polar surface area (TPSA) is 21.7 Å². The minimum Gasteiger partial charge on any atom is -0.382 e. The Hall–Kier alpha value is 0.170. The number of alkyl halides is 1. The van der Waals surface area contributed by atoms with Crippen molar-refractivity contribution in [2.75, 3.05) is 45.9 Å². The molecule has 0 aromatic rings. The van der Waals surface area contributed by atoms with E-state index in [-0.39, 0.29) is 0 Å². The SMILES string of the molecule is COCCOCCN1CCCCCC1CCl. The van der Waals surface area contributed by atoms with Crippen LogP contribution >= 0.6 is 11.6 Å². The molecule has 16 heavy (non-hydrogen) atoms. The van der Waals surface area contributed by atoms with Crippen molar-refractivity contribution >= 4 is 11.6 Å². The van der Waals surface area contributed by atoms with Gasteiger partial charge in [0.05, 0.1) is 19.8 Å². The highest BCUT2D eigenvalue weighted by Crippen LogP contribution is 2.17. The predicted octanol–water partition coefficient (Wildman–Crippen LogP) is 2.13. The first kappa shape index (κ1) is 14.2. The average Bonchev–Trinajstić information content (AvgIpc) is 2.53. The van der Waals surface area contributed by atoms with E-state index in [1.807, 2.05) is 0 Å². The standard InChI is InChI=1S/C12H24ClNO2/c1-15-9-10-16-8-7-14-6-4-2-3-5-12(14)11-13/h12H,2-11H2,1H3. The van der Waals surface area contributed by atoms with E-state index in [0.717, 1.165) is 19.0 Å². The number of halogens is 1. The van der Waals surface area contributed by atoms with Crippen LogP contribution < -0.4 is 0 Å². The highest BCUT2D eigenvalue weighted by molar-refractivity contribution is 6.18. The predicted molar refractivity (Wildman–Crippen MR) is 67.2 cm³/mol. The van der Waals surface area contributed by atoms with Gasteiger partial charge in [0.2, 0.25) is 0 Å². The van der Waals surface area contributed by atoms with Crippen molar-refractivity contribution in [2.45, 2.75) is 31.7 Å². The number of methoxy groups -OCH3 is 1. The third kappa shape index (κ3) is 5.48. The Kier molecular flexibility index (Phi) is 8.21. The first-order chi connectivity index (χ1) is 7.88. The maximum absolute atomic E-state index is 6.01. The number of hydrogen-bond donors (Lipinski definition) is 0. The monoisotopic (exact) mass is 249 g/mol. The average molecular weight is 250 g/mol. The lowest BCUT2D eigenvalue weighted by Gasteiger charge is -2.28. The van der Waals surface area contributed by atoms with Gasteiger partial charge < -0.3 is 9.47 Å². The minimum absolute atomic E-state index is 0.551. The molecule has 1 aliphatic heterocycles. The second kappa shape index (κ2) is 9.23. The van der Waals surface area contributed by atoms with E-state index in [2.05, 4.69) is 4.90 Å². The van der Waals surface area contributed by atoms with Gasteiger partial charge in [-0.05, 0) is 19.4 Å². The van der Waals surface area contributed by atoms with E-state index in [4.69, 9.17) is 21.1 Å². The molecule has 1 heterocycles. The van der Waals surface area contributed by atoms with Gasteiger partial charge >= 0.3 is 0 Å². The van der Waals surface area contributed by atoms with Gasteiger partial charge in [0.1, 0.15) is 0 Å². The van der Waals surface area contributed by atoms with Gasteiger partial charge in [-0.3, -0.25) is 4.90 Å². The molecular formula is C12H24ClNO2. The Labute approximate surface area is 104 Å². The van der Waals surface area contributed by atoms with Crippen molar-refractivity contribution in [2.24, 2.45) is 0 Å². The molecule has 3 nitrogen and oxygen atoms in total. The lowest BCUT2D eigenvalue weighted by atomic mass is 10.1. The summed E-state index contributed by atoms with van der Waals surface area (Å²) in [7, 11) is 1.70. The molecule has 0 saturated carbocycles. The summed E-state index contributed by atoms with van der Waals surface area (Å²) in [6.07, 6.45) is 5.19. The molecule has 0 aromatic heterocycles. The summed E-state index contributed by atoms with van der Waals surface area (Å²) < 4.78 is 10.4. The van der Waals surface area contributed by atoms with Crippen molar-refractivity contribution in [3.05, 3.63) is 0 Å². The molecule has 1 rings (SSSR count). The lowest BCUT2D eigenvalue weighted by Crippen LogP contribution is -2.38. The van der Waals surface area contributed by atoms with Crippen LogP contribution in [0.3, 0.4) is 0 Å². The van der Waals surface area contributed by atoms with Gasteiger partial charge in [-0.1, -0.05) is 12.8 Å². The summed E-state index contributed by atoms with van der Waals surface area (Å²) in [5.41, 5.74) is 0. The summed E-state index contributed by atoms with van der Waals surface area (Å²) in [5, 5.41) is 0. The third-order valence-electron chi connectivity index (χ3n) is 3.13. The maximum atomic E-state index is 6.01. The zero-order valence-electron chi connectivity index (χ0n) is 10.3. The number of likely N-dealkylation sites (tertiary alicyclic amines) is 1. The summed E-state index contributed by atoms with van der Waals surface area (Å²) in [6, 6.07) is 0.551. The first-order valence-electron chi connectivity index (χ1n) is 6.25. The molecule has 96 valence electrons. The molecule has 0 amide bonds. The van der Waals surface area contributed by atoms with Gasteiger partial charge in [0.15, 0.2) is 0 Å². The van der Waals surface area contributed by atoms with Crippen LogP contribution in [0, 0.1) is 0 Å².